The van der Waals surface area contributed by atoms with Gasteiger partial charge in [-0.2, -0.15) is 0 Å². The monoisotopic (exact) mass is 198 g/mol. The van der Waals surface area contributed by atoms with Crippen LogP contribution in [0.15, 0.2) is 0 Å². The average Bonchev–Trinajstić information content (AvgIpc) is 2.45. The molecule has 0 saturated carbocycles. The number of hydrogen-bond acceptors (Lipinski definition) is 3. The predicted molar refractivity (Wildman–Crippen MR) is 48.7 cm³/mol. The van der Waals surface area contributed by atoms with Gasteiger partial charge in [0.15, 0.2) is 0 Å². The second-order valence-electron chi connectivity index (χ2n) is 3.56. The molecule has 0 spiro atoms. The minimum absolute atomic E-state index is 0.100. The highest BCUT2D eigenvalue weighted by atomic mass is 16.5. The van der Waals surface area contributed by atoms with Gasteiger partial charge in [-0.15, -0.1) is 0 Å². The third kappa shape index (κ3) is 1.28. The first-order chi connectivity index (χ1) is 6.75. The third-order valence-corrected chi connectivity index (χ3v) is 2.60. The number of rotatable bonds is 2. The molecule has 5 heteroatoms. The Labute approximate surface area is 82.6 Å². The van der Waals surface area contributed by atoms with Crippen LogP contribution >= 0.6 is 0 Å². The summed E-state index contributed by atoms with van der Waals surface area (Å²) in [6.07, 6.45) is 0.804. The molecule has 3 amide bonds. The number of amides is 3. The van der Waals surface area contributed by atoms with Gasteiger partial charge in [-0.3, -0.25) is 9.69 Å². The maximum Gasteiger partial charge on any atom is 0.327 e. The van der Waals surface area contributed by atoms with E-state index >= 15 is 0 Å². The van der Waals surface area contributed by atoms with E-state index in [-0.39, 0.29) is 18.0 Å². The van der Waals surface area contributed by atoms with Crippen LogP contribution in [-0.4, -0.2) is 54.1 Å². The maximum atomic E-state index is 11.7. The molecule has 5 nitrogen and oxygen atoms in total. The van der Waals surface area contributed by atoms with Crippen molar-refractivity contribution in [3.63, 3.8) is 0 Å². The molecule has 2 aliphatic heterocycles. The van der Waals surface area contributed by atoms with Crippen LogP contribution in [0.1, 0.15) is 13.3 Å². The number of morpholine rings is 1. The standard InChI is InChI=1S/C9H14N2O3/c1-2-3-11-8(12)7-6-14-5-4-10(7)9(11)13/h7H,2-6H2,1H3. The number of imide groups is 1. The lowest BCUT2D eigenvalue weighted by Gasteiger charge is -2.26. The molecule has 14 heavy (non-hydrogen) atoms. The van der Waals surface area contributed by atoms with Gasteiger partial charge >= 0.3 is 6.03 Å². The van der Waals surface area contributed by atoms with E-state index in [0.717, 1.165) is 6.42 Å². The van der Waals surface area contributed by atoms with E-state index in [1.165, 1.54) is 4.90 Å². The Morgan fingerprint density at radius 1 is 1.50 bits per heavy atom. The van der Waals surface area contributed by atoms with Crippen LogP contribution in [0.5, 0.6) is 0 Å². The molecule has 2 rings (SSSR count). The predicted octanol–water partition coefficient (Wildman–Crippen LogP) is 0.0594. The number of urea groups is 1. The lowest BCUT2D eigenvalue weighted by molar-refractivity contribution is -0.131. The first-order valence-electron chi connectivity index (χ1n) is 4.95. The van der Waals surface area contributed by atoms with Crippen molar-refractivity contribution in [3.8, 4) is 0 Å². The van der Waals surface area contributed by atoms with E-state index in [4.69, 9.17) is 4.74 Å². The SMILES string of the molecule is CCCN1C(=O)C2COCCN2C1=O. The lowest BCUT2D eigenvalue weighted by Crippen LogP contribution is -2.45. The van der Waals surface area contributed by atoms with Gasteiger partial charge < -0.3 is 9.64 Å². The fourth-order valence-electron chi connectivity index (χ4n) is 1.90. The number of carbonyl (C=O) groups is 2. The molecule has 2 aliphatic rings. The Kier molecular flexibility index (Phi) is 2.41. The summed E-state index contributed by atoms with van der Waals surface area (Å²) >= 11 is 0. The van der Waals surface area contributed by atoms with Crippen molar-refractivity contribution in [1.82, 2.24) is 9.80 Å². The van der Waals surface area contributed by atoms with E-state index in [0.29, 0.717) is 26.3 Å². The fourth-order valence-corrected chi connectivity index (χ4v) is 1.90. The molecule has 0 N–H and O–H groups in total. The van der Waals surface area contributed by atoms with Gasteiger partial charge in [0.2, 0.25) is 0 Å². The van der Waals surface area contributed by atoms with Crippen molar-refractivity contribution in [3.05, 3.63) is 0 Å². The van der Waals surface area contributed by atoms with E-state index < -0.39 is 0 Å². The van der Waals surface area contributed by atoms with E-state index in [1.807, 2.05) is 6.92 Å². The molecule has 1 unspecified atom stereocenters. The summed E-state index contributed by atoms with van der Waals surface area (Å²) in [5.74, 6) is -0.100. The second kappa shape index (κ2) is 3.57. The number of hydrogen-bond donors (Lipinski definition) is 0. The second-order valence-corrected chi connectivity index (χ2v) is 3.56. The van der Waals surface area contributed by atoms with Crippen molar-refractivity contribution in [2.75, 3.05) is 26.3 Å². The normalized spacial score (nSPS) is 27.1. The number of carbonyl (C=O) groups excluding carboxylic acids is 2. The summed E-state index contributed by atoms with van der Waals surface area (Å²) in [4.78, 5) is 26.4. The zero-order chi connectivity index (χ0) is 10.1. The largest absolute Gasteiger partial charge is 0.377 e. The molecule has 2 saturated heterocycles. The molecule has 2 heterocycles. The molecule has 0 radical (unpaired) electrons. The van der Waals surface area contributed by atoms with Gasteiger partial charge in [0.25, 0.3) is 5.91 Å². The van der Waals surface area contributed by atoms with Crippen LogP contribution in [-0.2, 0) is 9.53 Å². The smallest absolute Gasteiger partial charge is 0.327 e. The van der Waals surface area contributed by atoms with E-state index in [1.54, 1.807) is 4.90 Å². The van der Waals surface area contributed by atoms with Crippen LogP contribution in [0, 0.1) is 0 Å². The highest BCUT2D eigenvalue weighted by Crippen LogP contribution is 2.20. The molecule has 0 aromatic carbocycles. The van der Waals surface area contributed by atoms with Crippen LogP contribution in [0.25, 0.3) is 0 Å². The fraction of sp³-hybridized carbons (Fsp3) is 0.778. The quantitative estimate of drug-likeness (QED) is 0.589. The Hall–Kier alpha value is -1.10. The molecule has 0 aromatic heterocycles. The number of nitrogens with zero attached hydrogens (tertiary/aromatic N) is 2. The zero-order valence-electron chi connectivity index (χ0n) is 8.23. The summed E-state index contributed by atoms with van der Waals surface area (Å²) in [7, 11) is 0. The summed E-state index contributed by atoms with van der Waals surface area (Å²) in [5, 5.41) is 0. The summed E-state index contributed by atoms with van der Waals surface area (Å²) in [6, 6.07) is -0.507. The van der Waals surface area contributed by atoms with Crippen LogP contribution in [0.2, 0.25) is 0 Å². The minimum atomic E-state index is -0.359. The maximum absolute atomic E-state index is 11.7. The molecule has 2 fully saturated rings. The lowest BCUT2D eigenvalue weighted by atomic mass is 10.2. The van der Waals surface area contributed by atoms with E-state index in [9.17, 15) is 9.59 Å². The molecular weight excluding hydrogens is 184 g/mol. The summed E-state index contributed by atoms with van der Waals surface area (Å²) in [6.45, 7) is 3.90. The number of fused-ring (bicyclic) bond motifs is 1. The van der Waals surface area contributed by atoms with Crippen LogP contribution in [0.4, 0.5) is 4.79 Å². The van der Waals surface area contributed by atoms with Gasteiger partial charge in [0.05, 0.1) is 13.2 Å². The van der Waals surface area contributed by atoms with Gasteiger partial charge in [-0.25, -0.2) is 4.79 Å². The van der Waals surface area contributed by atoms with Gasteiger partial charge in [0, 0.05) is 13.1 Å². The van der Waals surface area contributed by atoms with Crippen molar-refractivity contribution in [1.29, 1.82) is 0 Å². The topological polar surface area (TPSA) is 49.9 Å². The van der Waals surface area contributed by atoms with Crippen LogP contribution in [0.3, 0.4) is 0 Å². The summed E-state index contributed by atoms with van der Waals surface area (Å²) in [5.41, 5.74) is 0. The van der Waals surface area contributed by atoms with Crippen LogP contribution < -0.4 is 0 Å². The molecule has 0 bridgehead atoms. The molecule has 0 aliphatic carbocycles. The molecule has 78 valence electrons. The van der Waals surface area contributed by atoms with Crippen molar-refractivity contribution in [2.45, 2.75) is 19.4 Å². The Morgan fingerprint density at radius 2 is 2.29 bits per heavy atom. The van der Waals surface area contributed by atoms with Crippen molar-refractivity contribution in [2.24, 2.45) is 0 Å². The van der Waals surface area contributed by atoms with Gasteiger partial charge in [0.1, 0.15) is 6.04 Å². The van der Waals surface area contributed by atoms with Crippen molar-refractivity contribution >= 4 is 11.9 Å². The van der Waals surface area contributed by atoms with Gasteiger partial charge in [-0.05, 0) is 6.42 Å². The first kappa shape index (κ1) is 9.45. The first-order valence-corrected chi connectivity index (χ1v) is 4.95. The third-order valence-electron chi connectivity index (χ3n) is 2.60. The molecular formula is C9H14N2O3. The highest BCUT2D eigenvalue weighted by Gasteiger charge is 2.45. The molecule has 0 aromatic rings. The Balaban J connectivity index is 2.15. The summed E-state index contributed by atoms with van der Waals surface area (Å²) < 4.78 is 5.19. The molecule has 1 atom stereocenters. The van der Waals surface area contributed by atoms with Crippen molar-refractivity contribution < 1.29 is 14.3 Å². The Morgan fingerprint density at radius 3 is 2.93 bits per heavy atom. The average molecular weight is 198 g/mol. The Bertz CT molecular complexity index is 243. The van der Waals surface area contributed by atoms with Gasteiger partial charge in [-0.1, -0.05) is 6.92 Å². The zero-order valence-corrected chi connectivity index (χ0v) is 8.23. The highest BCUT2D eigenvalue weighted by molar-refractivity contribution is 6.04. The van der Waals surface area contributed by atoms with E-state index in [2.05, 4.69) is 0 Å². The number of ether oxygens (including phenoxy) is 1. The minimum Gasteiger partial charge on any atom is -0.377 e.